The molecule has 0 spiro atoms. The number of hydrazone groups is 1. The van der Waals surface area contributed by atoms with E-state index in [4.69, 9.17) is 0 Å². The molecule has 3 nitrogen and oxygen atoms in total. The van der Waals surface area contributed by atoms with E-state index in [2.05, 4.69) is 10.5 Å². The number of rotatable bonds is 2. The summed E-state index contributed by atoms with van der Waals surface area (Å²) in [6.45, 7) is 0. The van der Waals surface area contributed by atoms with Gasteiger partial charge in [0.25, 0.3) is 0 Å². The lowest BCUT2D eigenvalue weighted by molar-refractivity contribution is -0.118. The number of carbonyl (C=O) groups is 1. The number of anilines is 1. The second kappa shape index (κ2) is 4.88. The molecule has 0 saturated heterocycles. The summed E-state index contributed by atoms with van der Waals surface area (Å²) in [6.07, 6.45) is 2.84. The largest absolute Gasteiger partial charge is 0.299 e. The number of carbonyl (C=O) groups excluding carboxylic acids is 1. The summed E-state index contributed by atoms with van der Waals surface area (Å²) in [7, 11) is 0. The topological polar surface area (TPSA) is 41.5 Å². The van der Waals surface area contributed by atoms with Crippen molar-refractivity contribution in [2.24, 2.45) is 5.10 Å². The number of hydrogen-bond donors (Lipinski definition) is 1. The first-order valence-corrected chi connectivity index (χ1v) is 5.33. The maximum atomic E-state index is 12.6. The van der Waals surface area contributed by atoms with Gasteiger partial charge in [0, 0.05) is 18.6 Å². The molecule has 2 rings (SSSR count). The van der Waals surface area contributed by atoms with Crippen molar-refractivity contribution in [3.8, 4) is 0 Å². The van der Waals surface area contributed by atoms with Gasteiger partial charge >= 0.3 is 0 Å². The number of ketones is 1. The molecule has 0 aromatic heterocycles. The lowest BCUT2D eigenvalue weighted by Crippen LogP contribution is -2.15. The van der Waals surface area contributed by atoms with Crippen molar-refractivity contribution in [1.29, 1.82) is 0 Å². The highest BCUT2D eigenvalue weighted by molar-refractivity contribution is 6.04. The summed E-state index contributed by atoms with van der Waals surface area (Å²) in [5.41, 5.74) is 4.44. The molecule has 4 heteroatoms. The van der Waals surface area contributed by atoms with E-state index >= 15 is 0 Å². The van der Waals surface area contributed by atoms with E-state index in [0.717, 1.165) is 24.2 Å². The van der Waals surface area contributed by atoms with Crippen LogP contribution in [0.2, 0.25) is 0 Å². The Labute approximate surface area is 93.4 Å². The molecule has 1 aliphatic carbocycles. The number of halogens is 1. The van der Waals surface area contributed by atoms with Gasteiger partial charge in [-0.3, -0.25) is 10.2 Å². The van der Waals surface area contributed by atoms with Crippen LogP contribution in [0.3, 0.4) is 0 Å². The van der Waals surface area contributed by atoms with Crippen LogP contribution < -0.4 is 5.43 Å². The summed E-state index contributed by atoms with van der Waals surface area (Å²) in [5, 5.41) is 4.16. The molecule has 1 saturated carbocycles. The highest BCUT2D eigenvalue weighted by Gasteiger charge is 2.14. The van der Waals surface area contributed by atoms with Gasteiger partial charge in [0.15, 0.2) is 0 Å². The van der Waals surface area contributed by atoms with Gasteiger partial charge in [0.1, 0.15) is 11.6 Å². The van der Waals surface area contributed by atoms with Crippen LogP contribution in [0.5, 0.6) is 0 Å². The van der Waals surface area contributed by atoms with Crippen molar-refractivity contribution in [3.63, 3.8) is 0 Å². The van der Waals surface area contributed by atoms with Crippen molar-refractivity contribution in [1.82, 2.24) is 0 Å². The predicted molar refractivity (Wildman–Crippen MR) is 60.9 cm³/mol. The third-order valence-corrected chi connectivity index (χ3v) is 2.51. The van der Waals surface area contributed by atoms with Gasteiger partial charge in [-0.2, -0.15) is 5.10 Å². The van der Waals surface area contributed by atoms with Crippen molar-refractivity contribution < 1.29 is 9.18 Å². The van der Waals surface area contributed by atoms with Gasteiger partial charge in [0.2, 0.25) is 0 Å². The average molecular weight is 220 g/mol. The third kappa shape index (κ3) is 2.89. The van der Waals surface area contributed by atoms with E-state index in [0.29, 0.717) is 12.8 Å². The Bertz CT molecular complexity index is 412. The van der Waals surface area contributed by atoms with Crippen LogP contribution in [0, 0.1) is 5.82 Å². The minimum Gasteiger partial charge on any atom is -0.299 e. The molecule has 1 aliphatic rings. The van der Waals surface area contributed by atoms with Crippen LogP contribution in [0.15, 0.2) is 29.4 Å². The zero-order chi connectivity index (χ0) is 11.4. The number of nitrogens with zero attached hydrogens (tertiary/aromatic N) is 1. The first-order chi connectivity index (χ1) is 7.74. The molecule has 0 atom stereocenters. The molecule has 84 valence electrons. The maximum absolute atomic E-state index is 12.6. The SMILES string of the molecule is O=C1CCC/C(=N/Nc2ccc(F)cc2)C1. The Morgan fingerprint density at radius 3 is 2.62 bits per heavy atom. The van der Waals surface area contributed by atoms with Gasteiger partial charge in [-0.15, -0.1) is 0 Å². The number of benzene rings is 1. The quantitative estimate of drug-likeness (QED) is 0.778. The van der Waals surface area contributed by atoms with Crippen LogP contribution in [0.25, 0.3) is 0 Å². The standard InChI is InChI=1S/C12H13FN2O/c13-9-4-6-10(7-5-9)14-15-11-2-1-3-12(16)8-11/h4-7,14H,1-3,8H2/b15-11-. The van der Waals surface area contributed by atoms with Crippen molar-refractivity contribution >= 4 is 17.2 Å². The van der Waals surface area contributed by atoms with Gasteiger partial charge < -0.3 is 0 Å². The Kier molecular flexibility index (Phi) is 3.29. The minimum atomic E-state index is -0.272. The summed E-state index contributed by atoms with van der Waals surface area (Å²) in [6, 6.07) is 5.97. The van der Waals surface area contributed by atoms with E-state index in [1.807, 2.05) is 0 Å². The molecule has 0 bridgehead atoms. The van der Waals surface area contributed by atoms with E-state index in [9.17, 15) is 9.18 Å². The lowest BCUT2D eigenvalue weighted by atomic mass is 9.97. The first kappa shape index (κ1) is 10.8. The number of Topliss-reactive ketones (excluding diaryl/α,β-unsaturated/α-hetero) is 1. The summed E-state index contributed by atoms with van der Waals surface area (Å²) >= 11 is 0. The normalized spacial score (nSPS) is 18.8. The molecule has 0 aliphatic heterocycles. The fourth-order valence-electron chi connectivity index (χ4n) is 1.66. The van der Waals surface area contributed by atoms with E-state index in [-0.39, 0.29) is 11.6 Å². The van der Waals surface area contributed by atoms with Crippen LogP contribution in [-0.4, -0.2) is 11.5 Å². The second-order valence-corrected chi connectivity index (χ2v) is 3.87. The molecule has 1 fully saturated rings. The van der Waals surface area contributed by atoms with Crippen molar-refractivity contribution in [2.75, 3.05) is 5.43 Å². The fraction of sp³-hybridized carbons (Fsp3) is 0.333. The minimum absolute atomic E-state index is 0.242. The van der Waals surface area contributed by atoms with Gasteiger partial charge in [-0.05, 0) is 37.1 Å². The van der Waals surface area contributed by atoms with E-state index < -0.39 is 0 Å². The third-order valence-electron chi connectivity index (χ3n) is 2.51. The fourth-order valence-corrected chi connectivity index (χ4v) is 1.66. The second-order valence-electron chi connectivity index (χ2n) is 3.87. The Morgan fingerprint density at radius 2 is 1.94 bits per heavy atom. The maximum Gasteiger partial charge on any atom is 0.138 e. The van der Waals surface area contributed by atoms with Crippen molar-refractivity contribution in [3.05, 3.63) is 30.1 Å². The van der Waals surface area contributed by atoms with E-state index in [1.165, 1.54) is 12.1 Å². The lowest BCUT2D eigenvalue weighted by Gasteiger charge is -2.11. The number of nitrogens with one attached hydrogen (secondary N) is 1. The Balaban J connectivity index is 1.97. The van der Waals surface area contributed by atoms with Crippen LogP contribution in [0.4, 0.5) is 10.1 Å². The smallest absolute Gasteiger partial charge is 0.138 e. The van der Waals surface area contributed by atoms with E-state index in [1.54, 1.807) is 12.1 Å². The van der Waals surface area contributed by atoms with Crippen molar-refractivity contribution in [2.45, 2.75) is 25.7 Å². The highest BCUT2D eigenvalue weighted by atomic mass is 19.1. The summed E-state index contributed by atoms with van der Waals surface area (Å²) < 4.78 is 12.6. The predicted octanol–water partition coefficient (Wildman–Crippen LogP) is 2.74. The molecule has 0 unspecified atom stereocenters. The average Bonchev–Trinajstić information content (AvgIpc) is 2.28. The monoisotopic (exact) mass is 220 g/mol. The molecular formula is C12H13FN2O. The highest BCUT2D eigenvalue weighted by Crippen LogP contribution is 2.13. The molecular weight excluding hydrogens is 207 g/mol. The van der Waals surface area contributed by atoms with Gasteiger partial charge in [0.05, 0.1) is 5.69 Å². The molecule has 0 amide bonds. The zero-order valence-corrected chi connectivity index (χ0v) is 8.87. The molecule has 0 heterocycles. The van der Waals surface area contributed by atoms with Gasteiger partial charge in [-0.1, -0.05) is 0 Å². The summed E-state index contributed by atoms with van der Waals surface area (Å²) in [5.74, 6) is -0.0306. The van der Waals surface area contributed by atoms with Crippen LogP contribution in [0.1, 0.15) is 25.7 Å². The zero-order valence-electron chi connectivity index (χ0n) is 8.87. The molecule has 16 heavy (non-hydrogen) atoms. The van der Waals surface area contributed by atoms with Gasteiger partial charge in [-0.25, -0.2) is 4.39 Å². The first-order valence-electron chi connectivity index (χ1n) is 5.33. The van der Waals surface area contributed by atoms with Crippen LogP contribution >= 0.6 is 0 Å². The molecule has 1 aromatic carbocycles. The number of hydrogen-bond acceptors (Lipinski definition) is 3. The Hall–Kier alpha value is -1.71. The summed E-state index contributed by atoms with van der Waals surface area (Å²) in [4.78, 5) is 11.2. The molecule has 1 N–H and O–H groups in total. The molecule has 0 radical (unpaired) electrons. The Morgan fingerprint density at radius 1 is 1.19 bits per heavy atom. The van der Waals surface area contributed by atoms with Crippen LogP contribution in [-0.2, 0) is 4.79 Å². The molecule has 1 aromatic rings.